The number of amides is 1. The molecule has 1 N–H and O–H groups in total. The zero-order chi connectivity index (χ0) is 14.4. The molecule has 0 saturated heterocycles. The second-order valence-corrected chi connectivity index (χ2v) is 5.52. The monoisotopic (exact) mass is 305 g/mol. The van der Waals surface area contributed by atoms with E-state index < -0.39 is 0 Å². The Morgan fingerprint density at radius 1 is 1.15 bits per heavy atom. The molecule has 2 rings (SSSR count). The molecule has 0 aliphatic rings. The molecule has 0 bridgehead atoms. The highest BCUT2D eigenvalue weighted by molar-refractivity contribution is 7.98. The fourth-order valence-corrected chi connectivity index (χ4v) is 2.71. The summed E-state index contributed by atoms with van der Waals surface area (Å²) in [5, 5.41) is 2.92. The number of hydrogen-bond donors (Lipinski definition) is 1. The summed E-state index contributed by atoms with van der Waals surface area (Å²) in [6, 6.07) is 15.4. The lowest BCUT2D eigenvalue weighted by molar-refractivity contribution is 0.102. The molecular weight excluding hydrogens is 290 g/mol. The second kappa shape index (κ2) is 7.36. The third kappa shape index (κ3) is 3.78. The third-order valence-electron chi connectivity index (χ3n) is 2.95. The number of halogens is 1. The maximum Gasteiger partial charge on any atom is 0.256 e. The van der Waals surface area contributed by atoms with Crippen LogP contribution in [0.4, 0.5) is 5.69 Å². The molecule has 0 radical (unpaired) electrons. The molecule has 2 nitrogen and oxygen atoms in total. The lowest BCUT2D eigenvalue weighted by Crippen LogP contribution is -2.12. The summed E-state index contributed by atoms with van der Waals surface area (Å²) < 4.78 is 0. The van der Waals surface area contributed by atoms with E-state index in [-0.39, 0.29) is 5.91 Å². The molecule has 0 fully saturated rings. The van der Waals surface area contributed by atoms with Crippen molar-refractivity contribution >= 4 is 35.0 Å². The Bertz CT molecular complexity index is 583. The minimum absolute atomic E-state index is 0.0833. The first-order valence-electron chi connectivity index (χ1n) is 6.34. The van der Waals surface area contributed by atoms with Crippen LogP contribution < -0.4 is 5.32 Å². The predicted molar refractivity (Wildman–Crippen MR) is 87.0 cm³/mol. The molecule has 104 valence electrons. The van der Waals surface area contributed by atoms with Gasteiger partial charge in [0.05, 0.1) is 5.56 Å². The largest absolute Gasteiger partial charge is 0.322 e. The summed E-state index contributed by atoms with van der Waals surface area (Å²) in [7, 11) is 0. The molecule has 0 aliphatic carbocycles. The number of anilines is 1. The van der Waals surface area contributed by atoms with Crippen LogP contribution in [0.15, 0.2) is 53.4 Å². The van der Waals surface area contributed by atoms with Gasteiger partial charge < -0.3 is 5.32 Å². The van der Waals surface area contributed by atoms with Crippen LogP contribution in [0.1, 0.15) is 15.9 Å². The van der Waals surface area contributed by atoms with Crippen molar-refractivity contribution in [2.24, 2.45) is 0 Å². The molecule has 0 aromatic heterocycles. The predicted octanol–water partition coefficient (Wildman–Crippen LogP) is 4.44. The highest BCUT2D eigenvalue weighted by atomic mass is 35.5. The van der Waals surface area contributed by atoms with E-state index >= 15 is 0 Å². The molecule has 0 atom stereocenters. The minimum Gasteiger partial charge on any atom is -0.322 e. The van der Waals surface area contributed by atoms with Gasteiger partial charge in [-0.3, -0.25) is 4.79 Å². The Balaban J connectivity index is 2.11. The van der Waals surface area contributed by atoms with Crippen LogP contribution in [0, 0.1) is 0 Å². The third-order valence-corrected chi connectivity index (χ3v) is 3.93. The molecule has 0 heterocycles. The average Bonchev–Trinajstić information content (AvgIpc) is 2.49. The number of hydrogen-bond acceptors (Lipinski definition) is 2. The van der Waals surface area contributed by atoms with Gasteiger partial charge in [0.2, 0.25) is 0 Å². The smallest absolute Gasteiger partial charge is 0.256 e. The van der Waals surface area contributed by atoms with Crippen molar-refractivity contribution in [1.82, 2.24) is 0 Å². The zero-order valence-corrected chi connectivity index (χ0v) is 12.8. The van der Waals surface area contributed by atoms with Gasteiger partial charge in [-0.1, -0.05) is 24.3 Å². The molecule has 0 saturated carbocycles. The van der Waals surface area contributed by atoms with Crippen molar-refractivity contribution in [1.29, 1.82) is 0 Å². The van der Waals surface area contributed by atoms with E-state index in [0.717, 1.165) is 17.0 Å². The minimum atomic E-state index is -0.0833. The molecule has 0 spiro atoms. The van der Waals surface area contributed by atoms with E-state index in [1.165, 1.54) is 5.56 Å². The van der Waals surface area contributed by atoms with Gasteiger partial charge in [-0.05, 0) is 42.5 Å². The maximum atomic E-state index is 12.3. The Morgan fingerprint density at radius 3 is 2.50 bits per heavy atom. The van der Waals surface area contributed by atoms with Crippen molar-refractivity contribution in [2.75, 3.05) is 17.5 Å². The van der Waals surface area contributed by atoms with Gasteiger partial charge in [-0.25, -0.2) is 0 Å². The van der Waals surface area contributed by atoms with Gasteiger partial charge in [-0.2, -0.15) is 0 Å². The maximum absolute atomic E-state index is 12.3. The summed E-state index contributed by atoms with van der Waals surface area (Å²) in [4.78, 5) is 13.2. The first kappa shape index (κ1) is 14.9. The number of carbonyl (C=O) groups excluding carboxylic acids is 1. The van der Waals surface area contributed by atoms with Crippen LogP contribution in [0.3, 0.4) is 0 Å². The van der Waals surface area contributed by atoms with E-state index in [0.29, 0.717) is 11.4 Å². The normalized spacial score (nSPS) is 10.3. The molecule has 4 heteroatoms. The van der Waals surface area contributed by atoms with Gasteiger partial charge in [0.1, 0.15) is 0 Å². The molecule has 0 aliphatic heterocycles. The number of benzene rings is 2. The summed E-state index contributed by atoms with van der Waals surface area (Å²) in [6.07, 6.45) is 2.80. The van der Waals surface area contributed by atoms with Crippen LogP contribution in [-0.4, -0.2) is 18.0 Å². The van der Waals surface area contributed by atoms with Gasteiger partial charge in [-0.15, -0.1) is 23.4 Å². The van der Waals surface area contributed by atoms with E-state index in [2.05, 4.69) is 5.32 Å². The van der Waals surface area contributed by atoms with E-state index in [1.807, 2.05) is 54.8 Å². The van der Waals surface area contributed by atoms with Crippen LogP contribution in [0.2, 0.25) is 0 Å². The standard InChI is InChI=1S/C16H16ClNOS/c1-20-15-5-3-2-4-14(15)16(19)18-13-8-6-12(7-9-13)10-11-17/h2-9H,10-11H2,1H3,(H,18,19). The van der Waals surface area contributed by atoms with Crippen molar-refractivity contribution in [2.45, 2.75) is 11.3 Å². The van der Waals surface area contributed by atoms with E-state index in [4.69, 9.17) is 11.6 Å². The number of carbonyl (C=O) groups is 1. The fourth-order valence-electron chi connectivity index (χ4n) is 1.89. The average molecular weight is 306 g/mol. The Morgan fingerprint density at radius 2 is 1.85 bits per heavy atom. The van der Waals surface area contributed by atoms with Crippen molar-refractivity contribution in [3.8, 4) is 0 Å². The number of nitrogens with one attached hydrogen (secondary N) is 1. The molecule has 20 heavy (non-hydrogen) atoms. The van der Waals surface area contributed by atoms with Crippen LogP contribution in [0.5, 0.6) is 0 Å². The highest BCUT2D eigenvalue weighted by Gasteiger charge is 2.10. The van der Waals surface area contributed by atoms with Crippen molar-refractivity contribution < 1.29 is 4.79 Å². The van der Waals surface area contributed by atoms with Gasteiger partial charge in [0, 0.05) is 16.5 Å². The molecule has 1 amide bonds. The van der Waals surface area contributed by atoms with Gasteiger partial charge >= 0.3 is 0 Å². The Hall–Kier alpha value is -1.45. The number of thioether (sulfide) groups is 1. The van der Waals surface area contributed by atoms with Gasteiger partial charge in [0.15, 0.2) is 0 Å². The second-order valence-electron chi connectivity index (χ2n) is 4.29. The first-order chi connectivity index (χ1) is 9.74. The van der Waals surface area contributed by atoms with Crippen LogP contribution in [0.25, 0.3) is 0 Å². The van der Waals surface area contributed by atoms with Crippen molar-refractivity contribution in [3.05, 3.63) is 59.7 Å². The topological polar surface area (TPSA) is 29.1 Å². The number of alkyl halides is 1. The van der Waals surface area contributed by atoms with E-state index in [9.17, 15) is 4.79 Å². The highest BCUT2D eigenvalue weighted by Crippen LogP contribution is 2.21. The lowest BCUT2D eigenvalue weighted by Gasteiger charge is -2.09. The Kier molecular flexibility index (Phi) is 5.50. The molecule has 2 aromatic carbocycles. The first-order valence-corrected chi connectivity index (χ1v) is 8.10. The Labute approximate surface area is 128 Å². The van der Waals surface area contributed by atoms with E-state index in [1.54, 1.807) is 11.8 Å². The van der Waals surface area contributed by atoms with Crippen LogP contribution in [-0.2, 0) is 6.42 Å². The van der Waals surface area contributed by atoms with Gasteiger partial charge in [0.25, 0.3) is 5.91 Å². The quantitative estimate of drug-likeness (QED) is 0.653. The summed E-state index contributed by atoms with van der Waals surface area (Å²) >= 11 is 7.27. The van der Waals surface area contributed by atoms with Crippen LogP contribution >= 0.6 is 23.4 Å². The molecule has 0 unspecified atom stereocenters. The molecule has 2 aromatic rings. The zero-order valence-electron chi connectivity index (χ0n) is 11.2. The summed E-state index contributed by atoms with van der Waals surface area (Å²) in [5.41, 5.74) is 2.66. The SMILES string of the molecule is CSc1ccccc1C(=O)Nc1ccc(CCCl)cc1. The lowest BCUT2D eigenvalue weighted by atomic mass is 10.1. The number of rotatable bonds is 5. The summed E-state index contributed by atoms with van der Waals surface area (Å²) in [5.74, 6) is 0.521. The van der Waals surface area contributed by atoms with Crippen molar-refractivity contribution in [3.63, 3.8) is 0 Å². The number of aryl methyl sites for hydroxylation is 1. The molecular formula is C16H16ClNOS. The fraction of sp³-hybridized carbons (Fsp3) is 0.188. The summed E-state index contributed by atoms with van der Waals surface area (Å²) in [6.45, 7) is 0.